The quantitative estimate of drug-likeness (QED) is 0.332. The summed E-state index contributed by atoms with van der Waals surface area (Å²) in [7, 11) is 1.41. The number of aromatic nitrogens is 1. The number of hydrogen-bond donors (Lipinski definition) is 1. The van der Waals surface area contributed by atoms with Crippen LogP contribution in [0.1, 0.15) is 82.6 Å². The number of methoxy groups -OCH3 is 1. The van der Waals surface area contributed by atoms with E-state index in [-0.39, 0.29) is 35.5 Å². The molecule has 1 saturated carbocycles. The molecule has 11 nitrogen and oxygen atoms in total. The van der Waals surface area contributed by atoms with Gasteiger partial charge in [-0.1, -0.05) is 19.8 Å². The highest BCUT2D eigenvalue weighted by atomic mass is 16.7. The number of pyridine rings is 1. The first-order chi connectivity index (χ1) is 18.3. The molecule has 1 aromatic heterocycles. The van der Waals surface area contributed by atoms with Crippen LogP contribution in [-0.4, -0.2) is 73.8 Å². The first kappa shape index (κ1) is 29.6. The van der Waals surface area contributed by atoms with Crippen molar-refractivity contribution in [2.45, 2.75) is 103 Å². The zero-order valence-corrected chi connectivity index (χ0v) is 22.7. The van der Waals surface area contributed by atoms with Crippen LogP contribution in [0.3, 0.4) is 0 Å². The van der Waals surface area contributed by atoms with Gasteiger partial charge in [-0.3, -0.25) is 9.59 Å². The summed E-state index contributed by atoms with van der Waals surface area (Å²) in [6.45, 7) is 5.26. The van der Waals surface area contributed by atoms with Crippen molar-refractivity contribution in [2.24, 2.45) is 0 Å². The molecule has 1 saturated heterocycles. The number of rotatable bonds is 11. The highest BCUT2D eigenvalue weighted by molar-refractivity contribution is 5.98. The topological polar surface area (TPSA) is 132 Å². The number of carbonyl (C=O) groups is 3. The first-order valence-corrected chi connectivity index (χ1v) is 13.4. The Balaban J connectivity index is 1.74. The molecule has 212 valence electrons. The molecular formula is C27H40N2O9. The zero-order chi connectivity index (χ0) is 27.5. The Bertz CT molecular complexity index is 935. The Morgan fingerprint density at radius 2 is 1.92 bits per heavy atom. The molecule has 1 aliphatic heterocycles. The average Bonchev–Trinajstić information content (AvgIpc) is 3.42. The second-order valence-electron chi connectivity index (χ2n) is 9.60. The van der Waals surface area contributed by atoms with Gasteiger partial charge in [0.05, 0.1) is 19.3 Å². The molecule has 2 heterocycles. The van der Waals surface area contributed by atoms with Gasteiger partial charge in [0.15, 0.2) is 17.2 Å². The van der Waals surface area contributed by atoms with Gasteiger partial charge in [0.25, 0.3) is 5.91 Å². The molecular weight excluding hydrogens is 496 g/mol. The van der Waals surface area contributed by atoms with E-state index in [4.69, 9.17) is 28.4 Å². The van der Waals surface area contributed by atoms with Crippen molar-refractivity contribution in [3.05, 3.63) is 18.0 Å². The number of ether oxygens (including phenoxy) is 6. The Kier molecular flexibility index (Phi) is 11.6. The lowest BCUT2D eigenvalue weighted by atomic mass is 10.0. The maximum atomic E-state index is 13.2. The third kappa shape index (κ3) is 8.29. The number of nitrogens with one attached hydrogen (secondary N) is 1. The minimum atomic E-state index is -0.906. The summed E-state index contributed by atoms with van der Waals surface area (Å²) in [4.78, 5) is 41.7. The predicted molar refractivity (Wildman–Crippen MR) is 136 cm³/mol. The van der Waals surface area contributed by atoms with Crippen molar-refractivity contribution in [3.63, 3.8) is 0 Å². The lowest BCUT2D eigenvalue weighted by Gasteiger charge is -2.33. The molecule has 4 atom stereocenters. The summed E-state index contributed by atoms with van der Waals surface area (Å²) in [5.41, 5.74) is -0.108. The predicted octanol–water partition coefficient (Wildman–Crippen LogP) is 3.33. The summed E-state index contributed by atoms with van der Waals surface area (Å²) in [5.74, 6) is -1.51. The number of carbonyl (C=O) groups excluding carboxylic acids is 3. The van der Waals surface area contributed by atoms with Crippen LogP contribution in [0, 0.1) is 0 Å². The van der Waals surface area contributed by atoms with E-state index in [1.807, 2.05) is 13.8 Å². The number of esters is 2. The lowest BCUT2D eigenvalue weighted by Crippen LogP contribution is -2.46. The maximum Gasteiger partial charge on any atom is 0.329 e. The van der Waals surface area contributed by atoms with Gasteiger partial charge in [-0.2, -0.15) is 0 Å². The Morgan fingerprint density at radius 1 is 1.16 bits per heavy atom. The molecule has 2 aliphatic rings. The zero-order valence-electron chi connectivity index (χ0n) is 22.7. The van der Waals surface area contributed by atoms with E-state index in [1.165, 1.54) is 26.3 Å². The van der Waals surface area contributed by atoms with Crippen LogP contribution in [0.25, 0.3) is 0 Å². The van der Waals surface area contributed by atoms with E-state index in [1.54, 1.807) is 0 Å². The van der Waals surface area contributed by atoms with Crippen molar-refractivity contribution in [3.8, 4) is 11.5 Å². The fourth-order valence-electron chi connectivity index (χ4n) is 4.75. The molecule has 1 N–H and O–H groups in total. The van der Waals surface area contributed by atoms with Crippen LogP contribution in [-0.2, 0) is 28.5 Å². The fraction of sp³-hybridized carbons (Fsp3) is 0.704. The highest BCUT2D eigenvalue weighted by Crippen LogP contribution is 2.31. The maximum absolute atomic E-state index is 13.2. The van der Waals surface area contributed by atoms with Crippen molar-refractivity contribution in [2.75, 3.05) is 20.5 Å². The second-order valence-corrected chi connectivity index (χ2v) is 9.60. The summed E-state index contributed by atoms with van der Waals surface area (Å²) < 4.78 is 34.0. The normalized spacial score (nSPS) is 24.5. The minimum Gasteiger partial charge on any atom is -0.493 e. The molecule has 0 aromatic carbocycles. The van der Waals surface area contributed by atoms with Gasteiger partial charge in [-0.15, -0.1) is 0 Å². The van der Waals surface area contributed by atoms with E-state index < -0.39 is 36.8 Å². The molecule has 11 heteroatoms. The molecule has 38 heavy (non-hydrogen) atoms. The van der Waals surface area contributed by atoms with Crippen LogP contribution >= 0.6 is 0 Å². The number of amides is 1. The van der Waals surface area contributed by atoms with Crippen molar-refractivity contribution < 1.29 is 42.8 Å². The Hall–Kier alpha value is -2.92. The summed E-state index contributed by atoms with van der Waals surface area (Å²) in [5, 5.41) is 2.74. The van der Waals surface area contributed by atoms with Crippen LogP contribution in [0.4, 0.5) is 0 Å². The van der Waals surface area contributed by atoms with E-state index in [9.17, 15) is 14.4 Å². The van der Waals surface area contributed by atoms with Gasteiger partial charge in [0, 0.05) is 25.8 Å². The lowest BCUT2D eigenvalue weighted by molar-refractivity contribution is -0.175. The molecule has 1 unspecified atom stereocenters. The molecule has 2 fully saturated rings. The van der Waals surface area contributed by atoms with Gasteiger partial charge in [0.2, 0.25) is 6.79 Å². The van der Waals surface area contributed by atoms with Crippen LogP contribution in [0.5, 0.6) is 11.5 Å². The van der Waals surface area contributed by atoms with E-state index >= 15 is 0 Å². The van der Waals surface area contributed by atoms with Gasteiger partial charge in [0.1, 0.15) is 18.2 Å². The van der Waals surface area contributed by atoms with E-state index in [0.29, 0.717) is 25.9 Å². The van der Waals surface area contributed by atoms with E-state index in [2.05, 4.69) is 10.3 Å². The van der Waals surface area contributed by atoms with Crippen molar-refractivity contribution in [1.82, 2.24) is 10.3 Å². The molecule has 3 rings (SSSR count). The SMILES string of the molecule is CCCO[C@H]1CCC[C@H](NC(=O)c2nccc(OC)c2OCOC(C)=O)C(=O)O[C@@H](C)C1OC1CCCC1. The Labute approximate surface area is 223 Å². The first-order valence-electron chi connectivity index (χ1n) is 13.4. The third-order valence-electron chi connectivity index (χ3n) is 6.66. The fourth-order valence-corrected chi connectivity index (χ4v) is 4.75. The van der Waals surface area contributed by atoms with Gasteiger partial charge >= 0.3 is 11.9 Å². The average molecular weight is 537 g/mol. The van der Waals surface area contributed by atoms with Crippen molar-refractivity contribution in [1.29, 1.82) is 0 Å². The minimum absolute atomic E-state index is 0.00314. The van der Waals surface area contributed by atoms with Crippen molar-refractivity contribution >= 4 is 17.8 Å². The standard InChI is InChI=1S/C27H40N2O9/c1-5-15-34-22-12-8-11-20(27(32)37-17(2)24(22)38-19-9-6-7-10-19)29-26(31)23-25(36-16-35-18(3)30)21(33-4)13-14-28-23/h13-14,17,19-20,22,24H,5-12,15-16H2,1-4H3,(H,29,31)/t17-,20-,22-,24?/m0/s1. The largest absolute Gasteiger partial charge is 0.493 e. The van der Waals surface area contributed by atoms with Crippen LogP contribution < -0.4 is 14.8 Å². The smallest absolute Gasteiger partial charge is 0.329 e. The van der Waals surface area contributed by atoms with E-state index in [0.717, 1.165) is 32.1 Å². The molecule has 1 aliphatic carbocycles. The van der Waals surface area contributed by atoms with Gasteiger partial charge < -0.3 is 33.7 Å². The van der Waals surface area contributed by atoms with Gasteiger partial charge in [-0.05, 0) is 45.4 Å². The van der Waals surface area contributed by atoms with Crippen LogP contribution in [0.2, 0.25) is 0 Å². The molecule has 1 aromatic rings. The second kappa shape index (κ2) is 14.9. The van der Waals surface area contributed by atoms with Gasteiger partial charge in [-0.25, -0.2) is 9.78 Å². The summed E-state index contributed by atoms with van der Waals surface area (Å²) in [6, 6.07) is 0.604. The third-order valence-corrected chi connectivity index (χ3v) is 6.66. The molecule has 0 radical (unpaired) electrons. The van der Waals surface area contributed by atoms with Crippen LogP contribution in [0.15, 0.2) is 12.3 Å². The number of nitrogens with zero attached hydrogens (tertiary/aromatic N) is 1. The summed E-state index contributed by atoms with van der Waals surface area (Å²) in [6.07, 6.45) is 7.12. The summed E-state index contributed by atoms with van der Waals surface area (Å²) >= 11 is 0. The number of hydrogen-bond acceptors (Lipinski definition) is 10. The molecule has 0 bridgehead atoms. The number of cyclic esters (lactones) is 1. The molecule has 0 spiro atoms. The Morgan fingerprint density at radius 3 is 2.61 bits per heavy atom. The highest BCUT2D eigenvalue weighted by Gasteiger charge is 2.37. The molecule has 1 amide bonds. The monoisotopic (exact) mass is 536 g/mol.